The number of carbonyl (C=O) groups is 3. The molecule has 31 heavy (non-hydrogen) atoms. The highest BCUT2D eigenvalue weighted by atomic mass is 16.5. The number of benzene rings is 1. The highest BCUT2D eigenvalue weighted by Crippen LogP contribution is 2.29. The number of hydrogen-bond donors (Lipinski definition) is 0. The fourth-order valence-corrected chi connectivity index (χ4v) is 4.64. The van der Waals surface area contributed by atoms with Gasteiger partial charge in [0.05, 0.1) is 6.61 Å². The molecule has 5 nitrogen and oxygen atoms in total. The Kier molecular flexibility index (Phi) is 7.90. The lowest BCUT2D eigenvalue weighted by Gasteiger charge is -2.36. The third-order valence-electron chi connectivity index (χ3n) is 7.20. The van der Waals surface area contributed by atoms with Gasteiger partial charge in [0.15, 0.2) is 0 Å². The molecule has 1 aromatic rings. The molecule has 0 N–H and O–H groups in total. The molecule has 2 aliphatic rings. The van der Waals surface area contributed by atoms with Crippen LogP contribution >= 0.6 is 0 Å². The Balaban J connectivity index is 1.66. The van der Waals surface area contributed by atoms with Crippen molar-refractivity contribution >= 4 is 17.7 Å². The second-order valence-electron chi connectivity index (χ2n) is 9.80. The molecule has 1 heterocycles. The van der Waals surface area contributed by atoms with Gasteiger partial charge in [-0.15, -0.1) is 0 Å². The lowest BCUT2D eigenvalue weighted by Crippen LogP contribution is -2.53. The van der Waals surface area contributed by atoms with E-state index in [1.54, 1.807) is 13.8 Å². The summed E-state index contributed by atoms with van der Waals surface area (Å²) in [6.45, 7) is 6.11. The molecule has 1 amide bonds. The zero-order valence-corrected chi connectivity index (χ0v) is 19.3. The highest BCUT2D eigenvalue weighted by Gasteiger charge is 2.41. The van der Waals surface area contributed by atoms with Crippen molar-refractivity contribution in [3.63, 3.8) is 0 Å². The number of amides is 1. The first-order chi connectivity index (χ1) is 14.8. The molecule has 0 aromatic heterocycles. The smallest absolute Gasteiger partial charge is 0.329 e. The molecule has 170 valence electrons. The summed E-state index contributed by atoms with van der Waals surface area (Å²) < 4.78 is 5.62. The Morgan fingerprint density at radius 2 is 1.74 bits per heavy atom. The number of ether oxygens (including phenoxy) is 1. The van der Waals surface area contributed by atoms with Crippen LogP contribution in [0, 0.1) is 11.3 Å². The quantitative estimate of drug-likeness (QED) is 0.338. The van der Waals surface area contributed by atoms with E-state index < -0.39 is 29.1 Å². The van der Waals surface area contributed by atoms with Crippen LogP contribution in [0.5, 0.6) is 0 Å². The number of carbonyl (C=O) groups excluding carboxylic acids is 3. The van der Waals surface area contributed by atoms with Crippen LogP contribution in [0.2, 0.25) is 0 Å². The summed E-state index contributed by atoms with van der Waals surface area (Å²) in [6.07, 6.45) is 9.43. The third kappa shape index (κ3) is 5.75. The molecule has 1 aliphatic heterocycles. The van der Waals surface area contributed by atoms with Crippen molar-refractivity contribution in [2.24, 2.45) is 11.3 Å². The van der Waals surface area contributed by atoms with Gasteiger partial charge in [0.25, 0.3) is 5.91 Å². The maximum Gasteiger partial charge on any atom is 0.329 e. The van der Waals surface area contributed by atoms with Crippen LogP contribution in [0.3, 0.4) is 0 Å². The average Bonchev–Trinajstić information content (AvgIpc) is 2.80. The molecule has 0 spiro atoms. The molecule has 1 saturated carbocycles. The minimum Gasteiger partial charge on any atom is -0.464 e. The van der Waals surface area contributed by atoms with Gasteiger partial charge >= 0.3 is 5.97 Å². The van der Waals surface area contributed by atoms with E-state index in [0.29, 0.717) is 19.4 Å². The van der Waals surface area contributed by atoms with E-state index >= 15 is 0 Å². The van der Waals surface area contributed by atoms with E-state index in [1.807, 2.05) is 31.2 Å². The van der Waals surface area contributed by atoms with Crippen LogP contribution in [0.4, 0.5) is 0 Å². The first-order valence-electron chi connectivity index (χ1n) is 11.9. The van der Waals surface area contributed by atoms with E-state index in [-0.39, 0.29) is 6.54 Å². The Morgan fingerprint density at radius 1 is 1.06 bits per heavy atom. The summed E-state index contributed by atoms with van der Waals surface area (Å²) in [5.74, 6) is -0.662. The van der Waals surface area contributed by atoms with Crippen molar-refractivity contribution in [3.05, 3.63) is 35.4 Å². The molecule has 5 heteroatoms. The van der Waals surface area contributed by atoms with Gasteiger partial charge < -0.3 is 9.64 Å². The van der Waals surface area contributed by atoms with Crippen LogP contribution in [0.1, 0.15) is 83.3 Å². The van der Waals surface area contributed by atoms with Crippen molar-refractivity contribution in [1.29, 1.82) is 0 Å². The first kappa shape index (κ1) is 23.5. The van der Waals surface area contributed by atoms with Gasteiger partial charge in [-0.2, -0.15) is 0 Å². The van der Waals surface area contributed by atoms with Gasteiger partial charge in [-0.25, -0.2) is 4.79 Å². The van der Waals surface area contributed by atoms with E-state index in [1.165, 1.54) is 37.0 Å². The number of Topliss-reactive ketones (excluding diaryl/α,β-unsaturated/α-hetero) is 1. The number of nitrogens with zero attached hydrogens (tertiary/aromatic N) is 1. The third-order valence-corrected chi connectivity index (χ3v) is 7.20. The SMILES string of the molecule is CCC(C)(C)C(=O)C(=O)N1Cc2ccccc2CC1C(=O)OCCCC1CCCCC1. The van der Waals surface area contributed by atoms with Crippen molar-refractivity contribution < 1.29 is 19.1 Å². The molecule has 1 aliphatic carbocycles. The minimum atomic E-state index is -0.748. The first-order valence-corrected chi connectivity index (χ1v) is 11.9. The fourth-order valence-electron chi connectivity index (χ4n) is 4.64. The monoisotopic (exact) mass is 427 g/mol. The second kappa shape index (κ2) is 10.4. The van der Waals surface area contributed by atoms with E-state index in [4.69, 9.17) is 4.74 Å². The van der Waals surface area contributed by atoms with Crippen LogP contribution in [0.25, 0.3) is 0 Å². The molecule has 1 aromatic carbocycles. The van der Waals surface area contributed by atoms with Gasteiger partial charge in [-0.05, 0) is 36.3 Å². The van der Waals surface area contributed by atoms with E-state index in [0.717, 1.165) is 29.9 Å². The number of fused-ring (bicyclic) bond motifs is 1. The van der Waals surface area contributed by atoms with E-state index in [2.05, 4.69) is 0 Å². The van der Waals surface area contributed by atoms with E-state index in [9.17, 15) is 14.4 Å². The molecule has 1 unspecified atom stereocenters. The van der Waals surface area contributed by atoms with Crippen LogP contribution in [-0.2, 0) is 32.1 Å². The molecule has 1 atom stereocenters. The largest absolute Gasteiger partial charge is 0.464 e. The molecule has 3 rings (SSSR count). The number of esters is 1. The molecule has 1 fully saturated rings. The molecule has 0 radical (unpaired) electrons. The average molecular weight is 428 g/mol. The fraction of sp³-hybridized carbons (Fsp3) is 0.654. The Labute approximate surface area is 186 Å². The van der Waals surface area contributed by atoms with Gasteiger partial charge in [0.1, 0.15) is 6.04 Å². The van der Waals surface area contributed by atoms with Gasteiger partial charge in [0, 0.05) is 18.4 Å². The highest BCUT2D eigenvalue weighted by molar-refractivity contribution is 6.38. The molecule has 0 saturated heterocycles. The van der Waals surface area contributed by atoms with Crippen LogP contribution < -0.4 is 0 Å². The predicted molar refractivity (Wildman–Crippen MR) is 120 cm³/mol. The maximum atomic E-state index is 13.1. The van der Waals surface area contributed by atoms with Crippen molar-refractivity contribution in [3.8, 4) is 0 Å². The summed E-state index contributed by atoms with van der Waals surface area (Å²) in [5, 5.41) is 0. The van der Waals surface area contributed by atoms with Gasteiger partial charge in [-0.3, -0.25) is 9.59 Å². The standard InChI is InChI=1S/C26H37NO4/c1-4-26(2,3)23(28)24(29)27-18-21-15-9-8-14-20(21)17-22(27)25(30)31-16-10-13-19-11-6-5-7-12-19/h8-9,14-15,19,22H,4-7,10-13,16-18H2,1-3H3. The number of ketones is 1. The Bertz CT molecular complexity index is 794. The topological polar surface area (TPSA) is 63.7 Å². The molecular formula is C26H37NO4. The predicted octanol–water partition coefficient (Wildman–Crippen LogP) is 4.85. The zero-order valence-electron chi connectivity index (χ0n) is 19.3. The van der Waals surface area contributed by atoms with Crippen LogP contribution in [-0.4, -0.2) is 35.2 Å². The number of hydrogen-bond acceptors (Lipinski definition) is 4. The Hall–Kier alpha value is -2.17. The van der Waals surface area contributed by atoms with Gasteiger partial charge in [0.2, 0.25) is 5.78 Å². The zero-order chi connectivity index (χ0) is 22.4. The van der Waals surface area contributed by atoms with Crippen molar-refractivity contribution in [2.75, 3.05) is 6.61 Å². The Morgan fingerprint density at radius 3 is 2.42 bits per heavy atom. The summed E-state index contributed by atoms with van der Waals surface area (Å²) >= 11 is 0. The van der Waals surface area contributed by atoms with Crippen molar-refractivity contribution in [1.82, 2.24) is 4.90 Å². The summed E-state index contributed by atoms with van der Waals surface area (Å²) in [5.41, 5.74) is 1.28. The lowest BCUT2D eigenvalue weighted by molar-refractivity contribution is -0.160. The second-order valence-corrected chi connectivity index (χ2v) is 9.80. The maximum absolute atomic E-state index is 13.1. The van der Waals surface area contributed by atoms with Crippen molar-refractivity contribution in [2.45, 2.75) is 91.1 Å². The summed E-state index contributed by atoms with van der Waals surface area (Å²) in [7, 11) is 0. The normalized spacial score (nSPS) is 19.6. The molecular weight excluding hydrogens is 390 g/mol. The summed E-state index contributed by atoms with van der Waals surface area (Å²) in [6, 6.07) is 7.06. The molecule has 0 bridgehead atoms. The lowest BCUT2D eigenvalue weighted by atomic mass is 9.83. The van der Waals surface area contributed by atoms with Gasteiger partial charge in [-0.1, -0.05) is 77.1 Å². The minimum absolute atomic E-state index is 0.266. The summed E-state index contributed by atoms with van der Waals surface area (Å²) in [4.78, 5) is 40.4. The number of rotatable bonds is 8. The van der Waals surface area contributed by atoms with Crippen LogP contribution in [0.15, 0.2) is 24.3 Å².